The Morgan fingerprint density at radius 1 is 1.42 bits per heavy atom. The van der Waals surface area contributed by atoms with Gasteiger partial charge in [-0.15, -0.1) is 13.2 Å². The van der Waals surface area contributed by atoms with E-state index in [0.29, 0.717) is 12.1 Å². The SMILES string of the molecule is O=C(O)C(O)c1ccc([N+](=O)[O-])cc1OC(F)(F)F. The summed E-state index contributed by atoms with van der Waals surface area (Å²) >= 11 is 0. The molecule has 0 saturated carbocycles. The van der Waals surface area contributed by atoms with E-state index in [9.17, 15) is 33.2 Å². The molecule has 1 unspecified atom stereocenters. The first-order valence-corrected chi connectivity index (χ1v) is 4.57. The number of nitrogens with zero attached hydrogens (tertiary/aromatic N) is 1. The molecule has 10 heteroatoms. The highest BCUT2D eigenvalue weighted by Crippen LogP contribution is 2.33. The number of benzene rings is 1. The van der Waals surface area contributed by atoms with Gasteiger partial charge in [0.05, 0.1) is 11.0 Å². The van der Waals surface area contributed by atoms with Crippen molar-refractivity contribution in [1.29, 1.82) is 0 Å². The number of carboxylic acid groups (broad SMARTS) is 1. The summed E-state index contributed by atoms with van der Waals surface area (Å²) in [5.74, 6) is -2.96. The topological polar surface area (TPSA) is 110 Å². The molecule has 2 N–H and O–H groups in total. The number of carbonyl (C=O) groups is 1. The van der Waals surface area contributed by atoms with Crippen molar-refractivity contribution in [3.63, 3.8) is 0 Å². The van der Waals surface area contributed by atoms with E-state index in [2.05, 4.69) is 4.74 Å². The number of nitro benzene ring substituents is 1. The number of hydrogen-bond donors (Lipinski definition) is 2. The van der Waals surface area contributed by atoms with Crippen molar-refractivity contribution in [3.05, 3.63) is 33.9 Å². The fourth-order valence-electron chi connectivity index (χ4n) is 1.21. The lowest BCUT2D eigenvalue weighted by atomic mass is 10.1. The third kappa shape index (κ3) is 3.81. The largest absolute Gasteiger partial charge is 0.573 e. The molecule has 0 radical (unpaired) electrons. The Morgan fingerprint density at radius 3 is 2.42 bits per heavy atom. The molecule has 0 amide bonds. The normalized spacial score (nSPS) is 12.8. The van der Waals surface area contributed by atoms with Gasteiger partial charge in [0.15, 0.2) is 6.10 Å². The predicted molar refractivity (Wildman–Crippen MR) is 52.4 cm³/mol. The molecule has 19 heavy (non-hydrogen) atoms. The maximum absolute atomic E-state index is 12.1. The van der Waals surface area contributed by atoms with Crippen LogP contribution in [0.5, 0.6) is 5.75 Å². The van der Waals surface area contributed by atoms with Gasteiger partial charge in [-0.2, -0.15) is 0 Å². The quantitative estimate of drug-likeness (QED) is 0.640. The van der Waals surface area contributed by atoms with Gasteiger partial charge in [0.2, 0.25) is 0 Å². The standard InChI is InChI=1S/C9H6F3NO6/c10-9(11,12)19-6-3-4(13(17)18)1-2-5(6)7(14)8(15)16/h1-3,7,14H,(H,15,16). The molecule has 1 rings (SSSR count). The number of nitro groups is 1. The Labute approximate surface area is 103 Å². The van der Waals surface area contributed by atoms with Crippen LogP contribution in [0.3, 0.4) is 0 Å². The van der Waals surface area contributed by atoms with Crippen molar-refractivity contribution >= 4 is 11.7 Å². The number of carboxylic acids is 1. The molecule has 0 aliphatic carbocycles. The Bertz CT molecular complexity index is 515. The molecular formula is C9H6F3NO6. The molecule has 7 nitrogen and oxygen atoms in total. The minimum atomic E-state index is -5.18. The number of alkyl halides is 3. The molecule has 1 aromatic rings. The first kappa shape index (κ1) is 14.7. The molecule has 1 atom stereocenters. The van der Waals surface area contributed by atoms with Crippen LogP contribution in [0.25, 0.3) is 0 Å². The summed E-state index contributed by atoms with van der Waals surface area (Å²) in [7, 11) is 0. The highest BCUT2D eigenvalue weighted by atomic mass is 19.4. The summed E-state index contributed by atoms with van der Waals surface area (Å²) in [6.07, 6.45) is -7.47. The van der Waals surface area contributed by atoms with Gasteiger partial charge in [-0.1, -0.05) is 0 Å². The smallest absolute Gasteiger partial charge is 0.479 e. The summed E-state index contributed by atoms with van der Waals surface area (Å²) in [4.78, 5) is 20.0. The van der Waals surface area contributed by atoms with Crippen molar-refractivity contribution in [2.24, 2.45) is 0 Å². The minimum Gasteiger partial charge on any atom is -0.479 e. The van der Waals surface area contributed by atoms with Gasteiger partial charge in [-0.3, -0.25) is 10.1 Å². The summed E-state index contributed by atoms with van der Waals surface area (Å²) in [5.41, 5.74) is -1.48. The maximum Gasteiger partial charge on any atom is 0.573 e. The van der Waals surface area contributed by atoms with Crippen molar-refractivity contribution in [3.8, 4) is 5.75 Å². The lowest BCUT2D eigenvalue weighted by Crippen LogP contribution is -2.20. The first-order valence-electron chi connectivity index (χ1n) is 4.57. The fraction of sp³-hybridized carbons (Fsp3) is 0.222. The molecule has 0 fully saturated rings. The highest BCUT2D eigenvalue weighted by molar-refractivity contribution is 5.75. The first-order chi connectivity index (χ1) is 8.61. The summed E-state index contributed by atoms with van der Waals surface area (Å²) < 4.78 is 39.8. The third-order valence-electron chi connectivity index (χ3n) is 1.96. The van der Waals surface area contributed by atoms with E-state index in [4.69, 9.17) is 5.11 Å². The molecule has 1 aromatic carbocycles. The molecule has 0 bridgehead atoms. The Hall–Kier alpha value is -2.36. The third-order valence-corrected chi connectivity index (χ3v) is 1.96. The monoisotopic (exact) mass is 281 g/mol. The van der Waals surface area contributed by atoms with Gasteiger partial charge in [0.25, 0.3) is 5.69 Å². The zero-order valence-electron chi connectivity index (χ0n) is 8.92. The molecule has 0 spiro atoms. The van der Waals surface area contributed by atoms with Crippen molar-refractivity contribution in [2.45, 2.75) is 12.5 Å². The second kappa shape index (κ2) is 5.10. The lowest BCUT2D eigenvalue weighted by Gasteiger charge is -2.14. The van der Waals surface area contributed by atoms with Crippen LogP contribution < -0.4 is 4.74 Å². The number of ether oxygens (including phenoxy) is 1. The number of rotatable bonds is 4. The van der Waals surface area contributed by atoms with Crippen LogP contribution >= 0.6 is 0 Å². The number of aliphatic hydroxyl groups is 1. The fourth-order valence-corrected chi connectivity index (χ4v) is 1.21. The molecule has 0 saturated heterocycles. The van der Waals surface area contributed by atoms with Crippen LogP contribution in [0.4, 0.5) is 18.9 Å². The van der Waals surface area contributed by atoms with Crippen LogP contribution in [0.1, 0.15) is 11.7 Å². The number of aliphatic carboxylic acids is 1. The second-order valence-electron chi connectivity index (χ2n) is 3.27. The molecule has 104 valence electrons. The molecule has 0 aromatic heterocycles. The molecular weight excluding hydrogens is 275 g/mol. The zero-order chi connectivity index (χ0) is 14.8. The molecule has 0 aliphatic rings. The van der Waals surface area contributed by atoms with Crippen molar-refractivity contribution in [1.82, 2.24) is 0 Å². The highest BCUT2D eigenvalue weighted by Gasteiger charge is 2.34. The number of non-ortho nitro benzene ring substituents is 1. The van der Waals surface area contributed by atoms with Crippen LogP contribution in [-0.4, -0.2) is 27.5 Å². The van der Waals surface area contributed by atoms with Crippen LogP contribution in [0.15, 0.2) is 18.2 Å². The van der Waals surface area contributed by atoms with Gasteiger partial charge >= 0.3 is 12.3 Å². The molecule has 0 aliphatic heterocycles. The van der Waals surface area contributed by atoms with Gasteiger partial charge in [0, 0.05) is 11.6 Å². The van der Waals surface area contributed by atoms with Gasteiger partial charge in [-0.25, -0.2) is 4.79 Å². The van der Waals surface area contributed by atoms with Crippen molar-refractivity contribution < 1.29 is 37.8 Å². The number of halogens is 3. The number of aliphatic hydroxyl groups excluding tert-OH is 1. The summed E-state index contributed by atoms with van der Waals surface area (Å²) in [6.45, 7) is 0. The van der Waals surface area contributed by atoms with E-state index in [0.717, 1.165) is 6.07 Å². The van der Waals surface area contributed by atoms with Gasteiger partial charge < -0.3 is 14.9 Å². The summed E-state index contributed by atoms with van der Waals surface area (Å²) in [5, 5.41) is 28.1. The van der Waals surface area contributed by atoms with Crippen LogP contribution in [0, 0.1) is 10.1 Å². The lowest BCUT2D eigenvalue weighted by molar-refractivity contribution is -0.385. The van der Waals surface area contributed by atoms with E-state index in [1.165, 1.54) is 0 Å². The van der Waals surface area contributed by atoms with E-state index in [1.807, 2.05) is 0 Å². The van der Waals surface area contributed by atoms with E-state index in [-0.39, 0.29) is 0 Å². The Morgan fingerprint density at radius 2 is 2.00 bits per heavy atom. The van der Waals surface area contributed by atoms with E-state index >= 15 is 0 Å². The Kier molecular flexibility index (Phi) is 3.95. The van der Waals surface area contributed by atoms with Crippen molar-refractivity contribution in [2.75, 3.05) is 0 Å². The Balaban J connectivity index is 3.30. The van der Waals surface area contributed by atoms with E-state index in [1.54, 1.807) is 0 Å². The number of hydrogen-bond acceptors (Lipinski definition) is 5. The van der Waals surface area contributed by atoms with Gasteiger partial charge in [0.1, 0.15) is 5.75 Å². The average molecular weight is 281 g/mol. The van der Waals surface area contributed by atoms with E-state index < -0.39 is 40.4 Å². The van der Waals surface area contributed by atoms with Crippen LogP contribution in [0.2, 0.25) is 0 Å². The molecule has 0 heterocycles. The predicted octanol–water partition coefficient (Wildman–Crippen LogP) is 1.61. The van der Waals surface area contributed by atoms with Crippen LogP contribution in [-0.2, 0) is 4.79 Å². The minimum absolute atomic E-state index is 0.384. The maximum atomic E-state index is 12.1. The van der Waals surface area contributed by atoms with Gasteiger partial charge in [-0.05, 0) is 6.07 Å². The summed E-state index contributed by atoms with van der Waals surface area (Å²) in [6, 6.07) is 1.82. The average Bonchev–Trinajstić information content (AvgIpc) is 2.25. The zero-order valence-corrected chi connectivity index (χ0v) is 8.92. The second-order valence-corrected chi connectivity index (χ2v) is 3.27.